The molecule has 5 heteroatoms. The summed E-state index contributed by atoms with van der Waals surface area (Å²) in [5, 5.41) is 9.01. The van der Waals surface area contributed by atoms with E-state index >= 15 is 0 Å². The van der Waals surface area contributed by atoms with Crippen molar-refractivity contribution in [1.82, 2.24) is 0 Å². The standard InChI is InChI=1S/C14H12BrNO3/c1-8-2-3-9(15)6-13(8)19-10-4-5-12(16)11(7-10)14(17)18/h2-7H,16H2,1H3,(H,17,18). The highest BCUT2D eigenvalue weighted by Gasteiger charge is 2.10. The second-order valence-electron chi connectivity index (χ2n) is 4.07. The van der Waals surface area contributed by atoms with E-state index in [0.717, 1.165) is 10.0 Å². The van der Waals surface area contributed by atoms with Crippen molar-refractivity contribution in [2.24, 2.45) is 0 Å². The highest BCUT2D eigenvalue weighted by Crippen LogP contribution is 2.29. The van der Waals surface area contributed by atoms with E-state index in [-0.39, 0.29) is 11.3 Å². The zero-order valence-corrected chi connectivity index (χ0v) is 11.8. The van der Waals surface area contributed by atoms with Crippen molar-refractivity contribution in [1.29, 1.82) is 0 Å². The Balaban J connectivity index is 2.36. The quantitative estimate of drug-likeness (QED) is 0.843. The Bertz CT molecular complexity index is 641. The Morgan fingerprint density at radius 1 is 1.26 bits per heavy atom. The first-order chi connectivity index (χ1) is 8.97. The predicted octanol–water partition coefficient (Wildman–Crippen LogP) is 3.83. The van der Waals surface area contributed by atoms with Gasteiger partial charge in [0.1, 0.15) is 11.5 Å². The maximum atomic E-state index is 11.0. The normalized spacial score (nSPS) is 10.2. The Hall–Kier alpha value is -2.01. The topological polar surface area (TPSA) is 72.5 Å². The summed E-state index contributed by atoms with van der Waals surface area (Å²) in [5.74, 6) is 0.0252. The first-order valence-corrected chi connectivity index (χ1v) is 6.33. The van der Waals surface area contributed by atoms with Crippen LogP contribution in [-0.4, -0.2) is 11.1 Å². The summed E-state index contributed by atoms with van der Waals surface area (Å²) in [7, 11) is 0. The molecule has 2 rings (SSSR count). The summed E-state index contributed by atoms with van der Waals surface area (Å²) in [6.07, 6.45) is 0. The van der Waals surface area contributed by atoms with Crippen LogP contribution in [0.2, 0.25) is 0 Å². The van der Waals surface area contributed by atoms with Crippen molar-refractivity contribution in [2.75, 3.05) is 5.73 Å². The molecule has 0 saturated carbocycles. The summed E-state index contributed by atoms with van der Waals surface area (Å²) < 4.78 is 6.58. The van der Waals surface area contributed by atoms with Gasteiger partial charge in [-0.2, -0.15) is 0 Å². The summed E-state index contributed by atoms with van der Waals surface area (Å²) in [6.45, 7) is 1.91. The van der Waals surface area contributed by atoms with Gasteiger partial charge in [-0.3, -0.25) is 0 Å². The van der Waals surface area contributed by atoms with Crippen molar-refractivity contribution in [3.63, 3.8) is 0 Å². The fourth-order valence-corrected chi connectivity index (χ4v) is 1.94. The maximum Gasteiger partial charge on any atom is 0.337 e. The van der Waals surface area contributed by atoms with Crippen molar-refractivity contribution in [3.05, 3.63) is 52.0 Å². The fourth-order valence-electron chi connectivity index (χ4n) is 1.59. The van der Waals surface area contributed by atoms with E-state index in [0.29, 0.717) is 11.5 Å². The predicted molar refractivity (Wildman–Crippen MR) is 76.8 cm³/mol. The number of nitrogen functional groups attached to an aromatic ring is 1. The lowest BCUT2D eigenvalue weighted by Gasteiger charge is -2.10. The van der Waals surface area contributed by atoms with Gasteiger partial charge in [0.2, 0.25) is 0 Å². The first kappa shape index (κ1) is 13.4. The molecule has 3 N–H and O–H groups in total. The molecular formula is C14H12BrNO3. The second kappa shape index (κ2) is 5.32. The SMILES string of the molecule is Cc1ccc(Br)cc1Oc1ccc(N)c(C(=O)O)c1. The molecule has 0 unspecified atom stereocenters. The third-order valence-electron chi connectivity index (χ3n) is 2.63. The number of carboxylic acid groups (broad SMARTS) is 1. The van der Waals surface area contributed by atoms with Gasteiger partial charge in [0.15, 0.2) is 0 Å². The van der Waals surface area contributed by atoms with E-state index in [1.807, 2.05) is 25.1 Å². The molecule has 0 aliphatic rings. The molecule has 0 aliphatic carbocycles. The molecule has 98 valence electrons. The molecule has 2 aromatic carbocycles. The number of ether oxygens (including phenoxy) is 1. The number of aryl methyl sites for hydroxylation is 1. The molecule has 0 heterocycles. The zero-order valence-electron chi connectivity index (χ0n) is 10.2. The van der Waals surface area contributed by atoms with E-state index in [9.17, 15) is 4.79 Å². The molecule has 0 amide bonds. The molecule has 0 bridgehead atoms. The van der Waals surface area contributed by atoms with Gasteiger partial charge >= 0.3 is 5.97 Å². The van der Waals surface area contributed by atoms with E-state index in [4.69, 9.17) is 15.6 Å². The summed E-state index contributed by atoms with van der Waals surface area (Å²) in [4.78, 5) is 11.0. The minimum atomic E-state index is -1.08. The smallest absolute Gasteiger partial charge is 0.337 e. The third-order valence-corrected chi connectivity index (χ3v) is 3.13. The van der Waals surface area contributed by atoms with Gasteiger partial charge < -0.3 is 15.6 Å². The molecule has 0 fully saturated rings. The number of hydrogen-bond donors (Lipinski definition) is 2. The number of rotatable bonds is 3. The summed E-state index contributed by atoms with van der Waals surface area (Å²) in [5.41, 5.74) is 6.80. The highest BCUT2D eigenvalue weighted by molar-refractivity contribution is 9.10. The lowest BCUT2D eigenvalue weighted by molar-refractivity contribution is 0.0697. The monoisotopic (exact) mass is 321 g/mol. The van der Waals surface area contributed by atoms with Gasteiger partial charge in [-0.1, -0.05) is 22.0 Å². The van der Waals surface area contributed by atoms with Crippen LogP contribution in [0.4, 0.5) is 5.69 Å². The van der Waals surface area contributed by atoms with Crippen LogP contribution in [0.25, 0.3) is 0 Å². The number of anilines is 1. The van der Waals surface area contributed by atoms with E-state index in [1.54, 1.807) is 6.07 Å². The third kappa shape index (κ3) is 3.06. The molecule has 2 aromatic rings. The van der Waals surface area contributed by atoms with Crippen LogP contribution in [0.5, 0.6) is 11.5 Å². The average molecular weight is 322 g/mol. The molecule has 19 heavy (non-hydrogen) atoms. The molecule has 4 nitrogen and oxygen atoms in total. The number of nitrogens with two attached hydrogens (primary N) is 1. The Morgan fingerprint density at radius 3 is 2.68 bits per heavy atom. The zero-order chi connectivity index (χ0) is 14.0. The Morgan fingerprint density at radius 2 is 2.00 bits per heavy atom. The summed E-state index contributed by atoms with van der Waals surface area (Å²) >= 11 is 3.36. The highest BCUT2D eigenvalue weighted by atomic mass is 79.9. The largest absolute Gasteiger partial charge is 0.478 e. The lowest BCUT2D eigenvalue weighted by atomic mass is 10.1. The van der Waals surface area contributed by atoms with Gasteiger partial charge in [-0.25, -0.2) is 4.79 Å². The first-order valence-electron chi connectivity index (χ1n) is 5.54. The Kier molecular flexibility index (Phi) is 3.76. The molecule has 0 aromatic heterocycles. The van der Waals surface area contributed by atoms with E-state index in [2.05, 4.69) is 15.9 Å². The number of halogens is 1. The van der Waals surface area contributed by atoms with E-state index in [1.165, 1.54) is 12.1 Å². The van der Waals surface area contributed by atoms with Gasteiger partial charge in [0.05, 0.1) is 5.56 Å². The van der Waals surface area contributed by atoms with Gasteiger partial charge in [-0.15, -0.1) is 0 Å². The van der Waals surface area contributed by atoms with Gasteiger partial charge in [0.25, 0.3) is 0 Å². The molecule has 0 radical (unpaired) electrons. The molecule has 0 saturated heterocycles. The number of carbonyl (C=O) groups is 1. The minimum absolute atomic E-state index is 0.0325. The molecule has 0 atom stereocenters. The molecular weight excluding hydrogens is 310 g/mol. The number of aromatic carboxylic acids is 1. The minimum Gasteiger partial charge on any atom is -0.478 e. The van der Waals surface area contributed by atoms with Crippen molar-refractivity contribution in [2.45, 2.75) is 6.92 Å². The number of hydrogen-bond acceptors (Lipinski definition) is 3. The van der Waals surface area contributed by atoms with E-state index < -0.39 is 5.97 Å². The van der Waals surface area contributed by atoms with Crippen LogP contribution in [0.15, 0.2) is 40.9 Å². The molecule has 0 aliphatic heterocycles. The van der Waals surface area contributed by atoms with Crippen LogP contribution in [0.1, 0.15) is 15.9 Å². The Labute approximate surface area is 118 Å². The fraction of sp³-hybridized carbons (Fsp3) is 0.0714. The maximum absolute atomic E-state index is 11.0. The lowest BCUT2D eigenvalue weighted by Crippen LogP contribution is -2.02. The number of carboxylic acids is 1. The van der Waals surface area contributed by atoms with Crippen LogP contribution in [0, 0.1) is 6.92 Å². The van der Waals surface area contributed by atoms with Crippen LogP contribution in [-0.2, 0) is 0 Å². The second-order valence-corrected chi connectivity index (χ2v) is 4.98. The number of benzene rings is 2. The van der Waals surface area contributed by atoms with Crippen LogP contribution in [0.3, 0.4) is 0 Å². The van der Waals surface area contributed by atoms with Gasteiger partial charge in [0, 0.05) is 10.2 Å². The van der Waals surface area contributed by atoms with Crippen molar-refractivity contribution >= 4 is 27.6 Å². The summed E-state index contributed by atoms with van der Waals surface area (Å²) in [6, 6.07) is 10.2. The average Bonchev–Trinajstić information content (AvgIpc) is 2.36. The van der Waals surface area contributed by atoms with Crippen LogP contribution >= 0.6 is 15.9 Å². The van der Waals surface area contributed by atoms with Crippen molar-refractivity contribution in [3.8, 4) is 11.5 Å². The molecule has 0 spiro atoms. The van der Waals surface area contributed by atoms with Crippen LogP contribution < -0.4 is 10.5 Å². The van der Waals surface area contributed by atoms with Gasteiger partial charge in [-0.05, 0) is 42.8 Å². The van der Waals surface area contributed by atoms with Crippen molar-refractivity contribution < 1.29 is 14.6 Å².